The van der Waals surface area contributed by atoms with Gasteiger partial charge in [-0.1, -0.05) is 18.9 Å². The lowest BCUT2D eigenvalue weighted by Crippen LogP contribution is -2.35. The molecule has 9 nitrogen and oxygen atoms in total. The van der Waals surface area contributed by atoms with Gasteiger partial charge in [-0.05, 0) is 44.9 Å². The van der Waals surface area contributed by atoms with E-state index < -0.39 is 0 Å². The van der Waals surface area contributed by atoms with E-state index in [9.17, 15) is 14.4 Å². The highest BCUT2D eigenvalue weighted by Gasteiger charge is 2.17. The second-order valence-electron chi connectivity index (χ2n) is 7.76. The van der Waals surface area contributed by atoms with Gasteiger partial charge in [0.1, 0.15) is 6.54 Å². The van der Waals surface area contributed by atoms with Gasteiger partial charge in [-0.25, -0.2) is 4.79 Å². The Balaban J connectivity index is 1.54. The molecule has 1 saturated carbocycles. The number of hydrogen-bond donors (Lipinski definition) is 4. The number of nitrogens with one attached hydrogen (secondary N) is 4. The molecule has 0 atom stereocenters. The SMILES string of the molecule is CC(C)NC(=O)Nc1cccc(C(=O)Nc2cnn(CC(=O)NC3CCCC3)c2)c1. The maximum absolute atomic E-state index is 12.5. The summed E-state index contributed by atoms with van der Waals surface area (Å²) >= 11 is 0. The molecular weight excluding hydrogens is 384 g/mol. The molecular formula is C21H28N6O3. The summed E-state index contributed by atoms with van der Waals surface area (Å²) in [6.45, 7) is 3.83. The zero-order valence-corrected chi connectivity index (χ0v) is 17.3. The molecule has 0 bridgehead atoms. The van der Waals surface area contributed by atoms with Crippen LogP contribution in [0.15, 0.2) is 36.7 Å². The van der Waals surface area contributed by atoms with Gasteiger partial charge in [0.25, 0.3) is 5.91 Å². The molecule has 160 valence electrons. The number of carbonyl (C=O) groups is 3. The standard InChI is InChI=1S/C21H28N6O3/c1-14(2)23-21(30)26-17-9-5-6-15(10-17)20(29)25-18-11-22-27(12-18)13-19(28)24-16-7-3-4-8-16/h5-6,9-12,14,16H,3-4,7-8,13H2,1-2H3,(H,24,28)(H,25,29)(H2,23,26,30). The topological polar surface area (TPSA) is 117 Å². The maximum atomic E-state index is 12.5. The first-order chi connectivity index (χ1) is 14.4. The predicted octanol–water partition coefficient (Wildman–Crippen LogP) is 2.72. The summed E-state index contributed by atoms with van der Waals surface area (Å²) in [5, 5.41) is 15.3. The van der Waals surface area contributed by atoms with Gasteiger partial charge in [-0.3, -0.25) is 14.3 Å². The molecule has 0 spiro atoms. The number of aromatic nitrogens is 2. The second-order valence-corrected chi connectivity index (χ2v) is 7.76. The van der Waals surface area contributed by atoms with Gasteiger partial charge in [0.2, 0.25) is 5.91 Å². The minimum absolute atomic E-state index is 0.00765. The second kappa shape index (κ2) is 9.91. The van der Waals surface area contributed by atoms with Crippen LogP contribution in [0.1, 0.15) is 49.9 Å². The first-order valence-electron chi connectivity index (χ1n) is 10.2. The Bertz CT molecular complexity index is 902. The van der Waals surface area contributed by atoms with Crippen LogP contribution in [0.3, 0.4) is 0 Å². The van der Waals surface area contributed by atoms with E-state index in [1.54, 1.807) is 30.5 Å². The monoisotopic (exact) mass is 412 g/mol. The highest BCUT2D eigenvalue weighted by Crippen LogP contribution is 2.17. The summed E-state index contributed by atoms with van der Waals surface area (Å²) in [5.41, 5.74) is 1.40. The largest absolute Gasteiger partial charge is 0.352 e. The van der Waals surface area contributed by atoms with Crippen LogP contribution >= 0.6 is 0 Å². The normalized spacial score (nSPS) is 13.8. The van der Waals surface area contributed by atoms with Crippen LogP contribution in [0.25, 0.3) is 0 Å². The van der Waals surface area contributed by atoms with Gasteiger partial charge in [-0.2, -0.15) is 5.10 Å². The minimum atomic E-state index is -0.335. The quantitative estimate of drug-likeness (QED) is 0.559. The third-order valence-electron chi connectivity index (χ3n) is 4.72. The number of urea groups is 1. The number of benzene rings is 1. The lowest BCUT2D eigenvalue weighted by molar-refractivity contribution is -0.122. The van der Waals surface area contributed by atoms with E-state index in [0.29, 0.717) is 16.9 Å². The van der Waals surface area contributed by atoms with E-state index in [4.69, 9.17) is 0 Å². The summed E-state index contributed by atoms with van der Waals surface area (Å²) in [7, 11) is 0. The van der Waals surface area contributed by atoms with Crippen molar-refractivity contribution in [1.29, 1.82) is 0 Å². The Morgan fingerprint density at radius 1 is 1.13 bits per heavy atom. The van der Waals surface area contributed by atoms with Crippen molar-refractivity contribution in [1.82, 2.24) is 20.4 Å². The first kappa shape index (κ1) is 21.4. The maximum Gasteiger partial charge on any atom is 0.319 e. The third-order valence-corrected chi connectivity index (χ3v) is 4.72. The molecule has 4 amide bonds. The number of amides is 4. The predicted molar refractivity (Wildman–Crippen MR) is 114 cm³/mol. The molecule has 0 unspecified atom stereocenters. The van der Waals surface area contributed by atoms with Crippen molar-refractivity contribution in [2.75, 3.05) is 10.6 Å². The van der Waals surface area contributed by atoms with E-state index in [1.165, 1.54) is 10.9 Å². The summed E-state index contributed by atoms with van der Waals surface area (Å²) in [6, 6.07) is 6.58. The van der Waals surface area contributed by atoms with Crippen LogP contribution in [-0.4, -0.2) is 39.7 Å². The third kappa shape index (κ3) is 6.33. The molecule has 1 aliphatic rings. The number of anilines is 2. The van der Waals surface area contributed by atoms with Crippen LogP contribution < -0.4 is 21.3 Å². The van der Waals surface area contributed by atoms with Gasteiger partial charge in [0, 0.05) is 29.5 Å². The summed E-state index contributed by atoms with van der Waals surface area (Å²) < 4.78 is 1.49. The van der Waals surface area contributed by atoms with Crippen molar-refractivity contribution in [3.05, 3.63) is 42.2 Å². The van der Waals surface area contributed by atoms with E-state index in [1.807, 2.05) is 13.8 Å². The first-order valence-corrected chi connectivity index (χ1v) is 10.2. The molecule has 1 aromatic heterocycles. The summed E-state index contributed by atoms with van der Waals surface area (Å²) in [4.78, 5) is 36.5. The number of carbonyl (C=O) groups excluding carboxylic acids is 3. The Morgan fingerprint density at radius 2 is 1.90 bits per heavy atom. The van der Waals surface area contributed by atoms with Gasteiger partial charge < -0.3 is 21.3 Å². The average molecular weight is 412 g/mol. The van der Waals surface area contributed by atoms with Gasteiger partial charge >= 0.3 is 6.03 Å². The Hall–Kier alpha value is -3.36. The fourth-order valence-corrected chi connectivity index (χ4v) is 3.38. The summed E-state index contributed by atoms with van der Waals surface area (Å²) in [6.07, 6.45) is 7.48. The Labute approximate surface area is 175 Å². The van der Waals surface area contributed by atoms with Gasteiger partial charge in [0.05, 0.1) is 11.9 Å². The minimum Gasteiger partial charge on any atom is -0.352 e. The van der Waals surface area contributed by atoms with Crippen molar-refractivity contribution in [3.8, 4) is 0 Å². The van der Waals surface area contributed by atoms with Gasteiger partial charge in [-0.15, -0.1) is 0 Å². The highest BCUT2D eigenvalue weighted by molar-refractivity contribution is 6.05. The molecule has 3 rings (SSSR count). The lowest BCUT2D eigenvalue weighted by Gasteiger charge is -2.11. The number of nitrogens with zero attached hydrogens (tertiary/aromatic N) is 2. The van der Waals surface area contributed by atoms with E-state index in [-0.39, 0.29) is 36.5 Å². The molecule has 1 heterocycles. The van der Waals surface area contributed by atoms with Crippen LogP contribution in [0.4, 0.5) is 16.2 Å². The number of rotatable bonds is 7. The fourth-order valence-electron chi connectivity index (χ4n) is 3.38. The molecule has 4 N–H and O–H groups in total. The molecule has 1 fully saturated rings. The fraction of sp³-hybridized carbons (Fsp3) is 0.429. The van der Waals surface area contributed by atoms with Crippen LogP contribution in [0.5, 0.6) is 0 Å². The van der Waals surface area contributed by atoms with Crippen molar-refractivity contribution < 1.29 is 14.4 Å². The Morgan fingerprint density at radius 3 is 2.63 bits per heavy atom. The zero-order chi connectivity index (χ0) is 21.5. The van der Waals surface area contributed by atoms with Crippen molar-refractivity contribution in [2.24, 2.45) is 0 Å². The molecule has 0 radical (unpaired) electrons. The number of hydrogen-bond acceptors (Lipinski definition) is 4. The Kier molecular flexibility index (Phi) is 7.05. The lowest BCUT2D eigenvalue weighted by atomic mass is 10.2. The van der Waals surface area contributed by atoms with Crippen LogP contribution in [0, 0.1) is 0 Å². The van der Waals surface area contributed by atoms with Gasteiger partial charge in [0.15, 0.2) is 0 Å². The molecule has 30 heavy (non-hydrogen) atoms. The van der Waals surface area contributed by atoms with Crippen molar-refractivity contribution in [2.45, 2.75) is 58.2 Å². The van der Waals surface area contributed by atoms with Crippen LogP contribution in [-0.2, 0) is 11.3 Å². The van der Waals surface area contributed by atoms with Crippen molar-refractivity contribution in [3.63, 3.8) is 0 Å². The molecule has 1 aliphatic carbocycles. The average Bonchev–Trinajstić information content (AvgIpc) is 3.33. The van der Waals surface area contributed by atoms with Crippen LogP contribution in [0.2, 0.25) is 0 Å². The molecule has 1 aromatic carbocycles. The summed E-state index contributed by atoms with van der Waals surface area (Å²) in [5.74, 6) is -0.417. The highest BCUT2D eigenvalue weighted by atomic mass is 16.2. The smallest absolute Gasteiger partial charge is 0.319 e. The zero-order valence-electron chi connectivity index (χ0n) is 17.3. The molecule has 0 aliphatic heterocycles. The molecule has 9 heteroatoms. The van der Waals surface area contributed by atoms with Crippen molar-refractivity contribution >= 4 is 29.2 Å². The van der Waals surface area contributed by atoms with E-state index in [2.05, 4.69) is 26.4 Å². The van der Waals surface area contributed by atoms with E-state index in [0.717, 1.165) is 25.7 Å². The van der Waals surface area contributed by atoms with E-state index >= 15 is 0 Å². The molecule has 2 aromatic rings. The molecule has 0 saturated heterocycles.